The van der Waals surface area contributed by atoms with Crippen molar-refractivity contribution < 1.29 is 14.3 Å². The van der Waals surface area contributed by atoms with E-state index in [0.29, 0.717) is 41.8 Å². The molecule has 3 heteroatoms. The minimum absolute atomic E-state index is 0.0668. The van der Waals surface area contributed by atoms with E-state index < -0.39 is 0 Å². The fourth-order valence-electron chi connectivity index (χ4n) is 7.49. The van der Waals surface area contributed by atoms with E-state index in [1.165, 1.54) is 18.4 Å². The maximum atomic E-state index is 11.9. The Morgan fingerprint density at radius 3 is 2.88 bits per heavy atom. The molecule has 1 aliphatic heterocycles. The van der Waals surface area contributed by atoms with Crippen LogP contribution in [-0.4, -0.2) is 17.4 Å². The number of Topliss-reactive ketones (excluding diaryl/α,β-unsaturated/α-hetero) is 1. The Balaban J connectivity index is 1.41. The molecule has 0 aromatic carbocycles. The van der Waals surface area contributed by atoms with E-state index >= 15 is 0 Å². The van der Waals surface area contributed by atoms with Gasteiger partial charge in [0, 0.05) is 30.3 Å². The Morgan fingerprint density at radius 1 is 1.20 bits per heavy atom. The molecule has 0 bridgehead atoms. The van der Waals surface area contributed by atoms with Crippen LogP contribution in [0, 0.1) is 35.0 Å². The zero-order valence-electron chi connectivity index (χ0n) is 14.7. The molecule has 0 radical (unpaired) electrons. The number of ether oxygens (including phenoxy) is 1. The van der Waals surface area contributed by atoms with Crippen molar-refractivity contribution in [3.8, 4) is 0 Å². The van der Waals surface area contributed by atoms with Gasteiger partial charge in [0.25, 0.3) is 0 Å². The van der Waals surface area contributed by atoms with Crippen molar-refractivity contribution in [1.82, 2.24) is 0 Å². The lowest BCUT2D eigenvalue weighted by Gasteiger charge is -2.54. The molecular weight excluding hydrogens is 312 g/mol. The molecule has 0 saturated heterocycles. The van der Waals surface area contributed by atoms with Crippen molar-refractivity contribution in [2.24, 2.45) is 35.0 Å². The van der Waals surface area contributed by atoms with Gasteiger partial charge in [-0.25, -0.2) is 4.79 Å². The van der Waals surface area contributed by atoms with Crippen LogP contribution in [-0.2, 0) is 14.3 Å². The number of ketones is 1. The van der Waals surface area contributed by atoms with Crippen LogP contribution in [0.15, 0.2) is 35.5 Å². The quantitative estimate of drug-likeness (QED) is 0.633. The maximum absolute atomic E-state index is 11.9. The van der Waals surface area contributed by atoms with Gasteiger partial charge in [-0.3, -0.25) is 4.79 Å². The minimum atomic E-state index is -0.338. The van der Waals surface area contributed by atoms with Gasteiger partial charge in [-0.2, -0.15) is 0 Å². The fourth-order valence-corrected chi connectivity index (χ4v) is 7.49. The van der Waals surface area contributed by atoms with Gasteiger partial charge in [-0.15, -0.1) is 0 Å². The molecule has 0 aromatic heterocycles. The van der Waals surface area contributed by atoms with Gasteiger partial charge < -0.3 is 4.74 Å². The smallest absolute Gasteiger partial charge is 0.331 e. The molecule has 3 fully saturated rings. The Hall–Kier alpha value is -1.64. The van der Waals surface area contributed by atoms with Crippen molar-refractivity contribution in [3.63, 3.8) is 0 Å². The molecule has 6 aliphatic rings. The first-order valence-electron chi connectivity index (χ1n) is 9.87. The van der Waals surface area contributed by atoms with Crippen LogP contribution in [0.4, 0.5) is 0 Å². The lowest BCUT2D eigenvalue weighted by molar-refractivity contribution is -0.164. The molecule has 0 amide bonds. The number of rotatable bonds is 0. The number of carbonyl (C=O) groups excluding carboxylic acids is 2. The summed E-state index contributed by atoms with van der Waals surface area (Å²) in [6.45, 7) is 2.38. The third-order valence-corrected chi connectivity index (χ3v) is 8.51. The topological polar surface area (TPSA) is 43.4 Å². The van der Waals surface area contributed by atoms with Crippen LogP contribution in [0.1, 0.15) is 45.4 Å². The summed E-state index contributed by atoms with van der Waals surface area (Å²) in [6, 6.07) is 0. The highest BCUT2D eigenvalue weighted by atomic mass is 16.6. The van der Waals surface area contributed by atoms with E-state index in [4.69, 9.17) is 4.74 Å². The van der Waals surface area contributed by atoms with E-state index in [9.17, 15) is 9.59 Å². The summed E-state index contributed by atoms with van der Waals surface area (Å²) in [7, 11) is 0. The molecular formula is C22H24O3. The first-order valence-corrected chi connectivity index (χ1v) is 9.87. The Kier molecular flexibility index (Phi) is 2.53. The van der Waals surface area contributed by atoms with Crippen LogP contribution in [0.25, 0.3) is 0 Å². The molecule has 130 valence electrons. The van der Waals surface area contributed by atoms with Crippen molar-refractivity contribution in [2.45, 2.75) is 51.0 Å². The van der Waals surface area contributed by atoms with E-state index in [1.807, 2.05) is 0 Å². The molecule has 7 atom stereocenters. The van der Waals surface area contributed by atoms with Gasteiger partial charge in [-0.1, -0.05) is 24.6 Å². The summed E-state index contributed by atoms with van der Waals surface area (Å²) in [4.78, 5) is 23.8. The first-order chi connectivity index (χ1) is 12.0. The molecule has 5 aliphatic carbocycles. The second kappa shape index (κ2) is 4.36. The third-order valence-electron chi connectivity index (χ3n) is 8.51. The van der Waals surface area contributed by atoms with Crippen LogP contribution in [0.2, 0.25) is 0 Å². The predicted octanol–water partition coefficient (Wildman–Crippen LogP) is 3.76. The molecule has 1 spiro atoms. The minimum Gasteiger partial charge on any atom is -0.451 e. The number of esters is 1. The second-order valence-electron chi connectivity index (χ2n) is 9.34. The van der Waals surface area contributed by atoms with Gasteiger partial charge in [0.2, 0.25) is 0 Å². The molecule has 1 heterocycles. The zero-order chi connectivity index (χ0) is 17.0. The molecule has 0 aromatic rings. The lowest BCUT2D eigenvalue weighted by Crippen LogP contribution is -2.53. The molecule has 6 rings (SSSR count). The average molecular weight is 336 g/mol. The monoisotopic (exact) mass is 336 g/mol. The van der Waals surface area contributed by atoms with Gasteiger partial charge in [-0.05, 0) is 61.0 Å². The molecule has 3 nitrogen and oxygen atoms in total. The summed E-state index contributed by atoms with van der Waals surface area (Å²) in [6.07, 6.45) is 14.3. The third kappa shape index (κ3) is 1.59. The fraction of sp³-hybridized carbons (Fsp3) is 0.636. The van der Waals surface area contributed by atoms with E-state index in [-0.39, 0.29) is 17.0 Å². The molecule has 25 heavy (non-hydrogen) atoms. The number of fused-ring (bicyclic) bond motifs is 8. The average Bonchev–Trinajstić information content (AvgIpc) is 3.23. The van der Waals surface area contributed by atoms with Gasteiger partial charge in [0.15, 0.2) is 0 Å². The van der Waals surface area contributed by atoms with Crippen molar-refractivity contribution >= 4 is 11.8 Å². The molecule has 3 saturated carbocycles. The van der Waals surface area contributed by atoms with Crippen LogP contribution >= 0.6 is 0 Å². The predicted molar refractivity (Wildman–Crippen MR) is 92.4 cm³/mol. The van der Waals surface area contributed by atoms with Crippen LogP contribution in [0.3, 0.4) is 0 Å². The summed E-state index contributed by atoms with van der Waals surface area (Å²) < 4.78 is 6.01. The zero-order valence-corrected chi connectivity index (χ0v) is 14.7. The number of hydrogen-bond donors (Lipinski definition) is 0. The van der Waals surface area contributed by atoms with Crippen LogP contribution < -0.4 is 0 Å². The Morgan fingerprint density at radius 2 is 2.08 bits per heavy atom. The van der Waals surface area contributed by atoms with Gasteiger partial charge >= 0.3 is 5.97 Å². The number of carbonyl (C=O) groups is 2. The van der Waals surface area contributed by atoms with Gasteiger partial charge in [0.1, 0.15) is 11.4 Å². The molecule has 0 N–H and O–H groups in total. The van der Waals surface area contributed by atoms with E-state index in [2.05, 4.69) is 25.2 Å². The Bertz CT molecular complexity index is 802. The summed E-state index contributed by atoms with van der Waals surface area (Å²) in [5.41, 5.74) is 2.62. The number of hydrogen-bond acceptors (Lipinski definition) is 3. The van der Waals surface area contributed by atoms with Gasteiger partial charge in [0.05, 0.1) is 0 Å². The largest absolute Gasteiger partial charge is 0.451 e. The Labute approximate surface area is 148 Å². The van der Waals surface area contributed by atoms with Crippen molar-refractivity contribution in [2.75, 3.05) is 0 Å². The lowest BCUT2D eigenvalue weighted by atomic mass is 9.52. The van der Waals surface area contributed by atoms with E-state index in [0.717, 1.165) is 19.3 Å². The van der Waals surface area contributed by atoms with Crippen molar-refractivity contribution in [1.29, 1.82) is 0 Å². The normalized spacial score (nSPS) is 52.0. The standard InChI is InChI=1S/C22H24O3/c1-21-8-6-15-14-5-3-13(23)10-12(14)2-4-16(15)20(21)17-11-18(17)22(21)9-7-19(24)25-22/h2,4,7,9,15-18,20H,3,5-6,8,10-11H2,1H3/t15-,16-,17+,18-,20-,21+,22+/m1/s1. The highest BCUT2D eigenvalue weighted by Gasteiger charge is 2.77. The summed E-state index contributed by atoms with van der Waals surface area (Å²) >= 11 is 0. The highest BCUT2D eigenvalue weighted by Crippen LogP contribution is 2.77. The first kappa shape index (κ1) is 14.5. The van der Waals surface area contributed by atoms with Crippen molar-refractivity contribution in [3.05, 3.63) is 35.5 Å². The van der Waals surface area contributed by atoms with E-state index in [1.54, 1.807) is 11.6 Å². The number of allylic oxidation sites excluding steroid dienone is 4. The molecule has 0 unspecified atom stereocenters. The van der Waals surface area contributed by atoms with Crippen LogP contribution in [0.5, 0.6) is 0 Å². The second-order valence-corrected chi connectivity index (χ2v) is 9.34. The summed E-state index contributed by atoms with van der Waals surface area (Å²) in [5.74, 6) is 3.26. The summed E-state index contributed by atoms with van der Waals surface area (Å²) in [5, 5.41) is 0. The highest BCUT2D eigenvalue weighted by molar-refractivity contribution is 5.86. The SMILES string of the molecule is C[C@]12CC[C@@H]3C4=C(C=C[C@H]3[C@@H]1[C@H]1C[C@H]1[C@@]21C=CC(=O)O1)CC(=O)CC4. The maximum Gasteiger partial charge on any atom is 0.331 e.